The van der Waals surface area contributed by atoms with E-state index >= 15 is 0 Å². The third kappa shape index (κ3) is 2.22. The summed E-state index contributed by atoms with van der Waals surface area (Å²) in [5.41, 5.74) is 0. The summed E-state index contributed by atoms with van der Waals surface area (Å²) in [6.07, 6.45) is 0. The maximum absolute atomic E-state index is 10.6. The monoisotopic (exact) mass is 278 g/mol. The molecule has 0 radical (unpaired) electrons. The van der Waals surface area contributed by atoms with Gasteiger partial charge in [-0.1, -0.05) is 46.4 Å². The van der Waals surface area contributed by atoms with Crippen molar-refractivity contribution in [1.82, 2.24) is 0 Å². The summed E-state index contributed by atoms with van der Waals surface area (Å²) >= 11 is 22.4. The summed E-state index contributed by atoms with van der Waals surface area (Å²) in [7, 11) is -2.82. The van der Waals surface area contributed by atoms with Gasteiger partial charge in [-0.15, -0.1) is 0 Å². The minimum Gasteiger partial charge on any atom is -0.227 e. The minimum absolute atomic E-state index is 0.0499. The number of benzene rings is 1. The van der Waals surface area contributed by atoms with Gasteiger partial charge in [0.15, 0.2) is 10.7 Å². The first kappa shape index (κ1) is 11.4. The second-order valence-corrected chi connectivity index (χ2v) is 4.61. The first-order valence-electron chi connectivity index (χ1n) is 2.92. The Morgan fingerprint density at radius 2 is 1.46 bits per heavy atom. The van der Waals surface area contributed by atoms with Gasteiger partial charge in [-0.2, -0.15) is 0 Å². The molecule has 13 heavy (non-hydrogen) atoms. The fraction of sp³-hybridized carbons (Fsp3) is 0. The lowest BCUT2D eigenvalue weighted by molar-refractivity contribution is 0.614. The number of hydrogen-bond donors (Lipinski definition) is 1. The van der Waals surface area contributed by atoms with Crippen LogP contribution in [-0.4, -0.2) is 8.42 Å². The van der Waals surface area contributed by atoms with E-state index in [1.165, 1.54) is 0 Å². The molecule has 0 aliphatic rings. The van der Waals surface area contributed by atoms with E-state index in [2.05, 4.69) is 0 Å². The Labute approximate surface area is 96.3 Å². The molecule has 0 aliphatic heterocycles. The second kappa shape index (κ2) is 4.24. The van der Waals surface area contributed by atoms with Crippen molar-refractivity contribution in [3.63, 3.8) is 0 Å². The topological polar surface area (TPSA) is 34.1 Å². The highest BCUT2D eigenvalue weighted by molar-refractivity contribution is 7.72. The van der Waals surface area contributed by atoms with Crippen LogP contribution in [0.4, 0.5) is 0 Å². The van der Waals surface area contributed by atoms with Crippen molar-refractivity contribution >= 4 is 57.1 Å². The third-order valence-corrected chi connectivity index (χ3v) is 3.91. The maximum Gasteiger partial charge on any atom is 0.169 e. The maximum atomic E-state index is 10.6. The van der Waals surface area contributed by atoms with E-state index < -0.39 is 10.7 Å². The predicted octanol–water partition coefficient (Wildman–Crippen LogP) is 3.27. The minimum atomic E-state index is -2.82. The molecule has 0 amide bonds. The van der Waals surface area contributed by atoms with Crippen molar-refractivity contribution < 1.29 is 8.42 Å². The zero-order valence-electron chi connectivity index (χ0n) is 5.85. The molecule has 0 saturated carbocycles. The molecule has 1 rings (SSSR count). The second-order valence-electron chi connectivity index (χ2n) is 2.08. The number of thiol groups is 1. The molecule has 2 nitrogen and oxygen atoms in total. The first-order chi connectivity index (χ1) is 5.95. The van der Waals surface area contributed by atoms with Crippen LogP contribution in [0.2, 0.25) is 20.1 Å². The van der Waals surface area contributed by atoms with Gasteiger partial charge in [0.2, 0.25) is 0 Å². The van der Waals surface area contributed by atoms with E-state index in [0.29, 0.717) is 0 Å². The van der Waals surface area contributed by atoms with E-state index in [4.69, 9.17) is 46.4 Å². The van der Waals surface area contributed by atoms with Gasteiger partial charge in [-0.05, 0) is 6.07 Å². The summed E-state index contributed by atoms with van der Waals surface area (Å²) in [6.45, 7) is 0. The molecule has 0 spiro atoms. The van der Waals surface area contributed by atoms with Crippen LogP contribution in [0, 0.1) is 0 Å². The van der Waals surface area contributed by atoms with Gasteiger partial charge in [0.05, 0.1) is 25.0 Å². The van der Waals surface area contributed by atoms with E-state index in [1.54, 1.807) is 0 Å². The van der Waals surface area contributed by atoms with Crippen LogP contribution in [0.3, 0.4) is 0 Å². The third-order valence-electron chi connectivity index (χ3n) is 1.28. The van der Waals surface area contributed by atoms with E-state index in [-0.39, 0.29) is 25.0 Å². The SMILES string of the molecule is O=[SH](=O)c1cc(Cl)c(Cl)c(Cl)c1Cl. The van der Waals surface area contributed by atoms with Crippen LogP contribution in [0.5, 0.6) is 0 Å². The standard InChI is InChI=1S/C6H2Cl4O2S/c7-2-1-3(13(11)12)5(9)6(10)4(2)8/h1,13H. The van der Waals surface area contributed by atoms with Crippen LogP contribution in [0.25, 0.3) is 0 Å². The molecule has 0 aromatic heterocycles. The summed E-state index contributed by atoms with van der Waals surface area (Å²) in [5.74, 6) is 0. The quantitative estimate of drug-likeness (QED) is 0.486. The summed E-state index contributed by atoms with van der Waals surface area (Å²) in [6, 6.07) is 1.16. The lowest BCUT2D eigenvalue weighted by Gasteiger charge is -2.03. The van der Waals surface area contributed by atoms with Crippen LogP contribution < -0.4 is 0 Å². The molecule has 0 fully saturated rings. The zero-order valence-corrected chi connectivity index (χ0v) is 9.77. The Balaban J connectivity index is 3.59. The molecule has 7 heteroatoms. The molecule has 0 aliphatic carbocycles. The lowest BCUT2D eigenvalue weighted by Crippen LogP contribution is -1.85. The van der Waals surface area contributed by atoms with Crippen LogP contribution in [-0.2, 0) is 10.7 Å². The van der Waals surface area contributed by atoms with Gasteiger partial charge >= 0.3 is 0 Å². The highest BCUT2D eigenvalue weighted by Crippen LogP contribution is 2.38. The highest BCUT2D eigenvalue weighted by Gasteiger charge is 2.14. The predicted molar refractivity (Wildman–Crippen MR) is 55.1 cm³/mol. The van der Waals surface area contributed by atoms with E-state index in [9.17, 15) is 8.42 Å². The van der Waals surface area contributed by atoms with Gasteiger partial charge in [-0.25, -0.2) is 8.42 Å². The zero-order chi connectivity index (χ0) is 10.2. The Morgan fingerprint density at radius 1 is 0.923 bits per heavy atom. The highest BCUT2D eigenvalue weighted by atomic mass is 35.5. The van der Waals surface area contributed by atoms with Crippen molar-refractivity contribution in [1.29, 1.82) is 0 Å². The van der Waals surface area contributed by atoms with Crippen molar-refractivity contribution in [3.8, 4) is 0 Å². The molecular weight excluding hydrogens is 278 g/mol. The van der Waals surface area contributed by atoms with Crippen LogP contribution in [0.1, 0.15) is 0 Å². The fourth-order valence-electron chi connectivity index (χ4n) is 0.693. The van der Waals surface area contributed by atoms with Crippen molar-refractivity contribution in [2.45, 2.75) is 4.90 Å². The molecule has 1 aromatic rings. The molecule has 0 bridgehead atoms. The van der Waals surface area contributed by atoms with Gasteiger partial charge < -0.3 is 0 Å². The Kier molecular flexibility index (Phi) is 3.72. The molecule has 0 N–H and O–H groups in total. The molecule has 1 aromatic carbocycles. The number of hydrogen-bond acceptors (Lipinski definition) is 2. The number of halogens is 4. The lowest BCUT2D eigenvalue weighted by atomic mass is 10.3. The van der Waals surface area contributed by atoms with Gasteiger partial charge in [0.1, 0.15) is 0 Å². The molecular formula is C6H2Cl4O2S. The van der Waals surface area contributed by atoms with Gasteiger partial charge in [0.25, 0.3) is 0 Å². The van der Waals surface area contributed by atoms with Crippen LogP contribution >= 0.6 is 46.4 Å². The Hall–Kier alpha value is 0.330. The Morgan fingerprint density at radius 3 is 1.92 bits per heavy atom. The van der Waals surface area contributed by atoms with Crippen molar-refractivity contribution in [2.24, 2.45) is 0 Å². The summed E-state index contributed by atoms with van der Waals surface area (Å²) in [5, 5.41) is -0.0450. The molecule has 0 heterocycles. The van der Waals surface area contributed by atoms with Crippen molar-refractivity contribution in [3.05, 3.63) is 26.2 Å². The van der Waals surface area contributed by atoms with Gasteiger partial charge in [0, 0.05) is 0 Å². The molecule has 0 atom stereocenters. The Bertz CT molecular complexity index is 419. The fourth-order valence-corrected chi connectivity index (χ4v) is 2.35. The summed E-state index contributed by atoms with van der Waals surface area (Å²) in [4.78, 5) is -0.129. The van der Waals surface area contributed by atoms with E-state index in [0.717, 1.165) is 6.07 Å². The van der Waals surface area contributed by atoms with Gasteiger partial charge in [-0.3, -0.25) is 0 Å². The van der Waals surface area contributed by atoms with Crippen LogP contribution in [0.15, 0.2) is 11.0 Å². The van der Waals surface area contributed by atoms with Crippen molar-refractivity contribution in [2.75, 3.05) is 0 Å². The average Bonchev–Trinajstić information content (AvgIpc) is 2.07. The summed E-state index contributed by atoms with van der Waals surface area (Å²) < 4.78 is 21.3. The molecule has 0 unspecified atom stereocenters. The normalized spacial score (nSPS) is 10.8. The molecule has 0 saturated heterocycles. The largest absolute Gasteiger partial charge is 0.227 e. The van der Waals surface area contributed by atoms with E-state index in [1.807, 2.05) is 0 Å². The number of rotatable bonds is 1. The first-order valence-corrected chi connectivity index (χ1v) is 5.61. The molecule has 72 valence electrons. The smallest absolute Gasteiger partial charge is 0.169 e. The average molecular weight is 280 g/mol.